The number of hydrogen-bond acceptors (Lipinski definition) is 5. The predicted molar refractivity (Wildman–Crippen MR) is 89.1 cm³/mol. The highest BCUT2D eigenvalue weighted by Crippen LogP contribution is 2.06. The molecule has 2 rings (SSSR count). The van der Waals surface area contributed by atoms with Crippen LogP contribution in [0.2, 0.25) is 0 Å². The van der Waals surface area contributed by atoms with Crippen LogP contribution in [0.5, 0.6) is 0 Å². The zero-order valence-electron chi connectivity index (χ0n) is 13.8. The number of carbonyl (C=O) groups is 2. The van der Waals surface area contributed by atoms with E-state index in [1.165, 1.54) is 7.11 Å². The maximum atomic E-state index is 12.5. The number of rotatable bonds is 8. The summed E-state index contributed by atoms with van der Waals surface area (Å²) in [6, 6.07) is 12.1. The Kier molecular flexibility index (Phi) is 6.57. The molecule has 24 heavy (non-hydrogen) atoms. The largest absolute Gasteiger partial charge is 0.468 e. The summed E-state index contributed by atoms with van der Waals surface area (Å²) < 4.78 is 9.92. The Hall–Kier alpha value is -2.60. The highest BCUT2D eigenvalue weighted by Gasteiger charge is 2.23. The zero-order chi connectivity index (χ0) is 17.4. The third-order valence-corrected chi connectivity index (χ3v) is 3.62. The molecule has 2 atom stereocenters. The lowest BCUT2D eigenvalue weighted by Gasteiger charge is -2.20. The summed E-state index contributed by atoms with van der Waals surface area (Å²) in [6.45, 7) is 2.01. The first-order chi connectivity index (χ1) is 11.6. The molecule has 1 heterocycles. The van der Waals surface area contributed by atoms with E-state index < -0.39 is 18.1 Å². The minimum atomic E-state index is -0.703. The van der Waals surface area contributed by atoms with Crippen LogP contribution in [-0.4, -0.2) is 31.1 Å². The van der Waals surface area contributed by atoms with Gasteiger partial charge in [0.1, 0.15) is 11.8 Å². The molecule has 0 unspecified atom stereocenters. The van der Waals surface area contributed by atoms with Crippen LogP contribution in [0.1, 0.15) is 18.2 Å². The van der Waals surface area contributed by atoms with E-state index in [1.807, 2.05) is 36.4 Å². The monoisotopic (exact) mass is 330 g/mol. The number of amides is 1. The van der Waals surface area contributed by atoms with E-state index in [1.54, 1.807) is 19.3 Å². The minimum absolute atomic E-state index is 0.261. The molecule has 0 aliphatic rings. The number of hydrogen-bond donors (Lipinski definition) is 2. The molecule has 0 aliphatic carbocycles. The molecule has 0 fully saturated rings. The molecule has 0 bridgehead atoms. The molecule has 0 radical (unpaired) electrons. The number of ether oxygens (including phenoxy) is 1. The van der Waals surface area contributed by atoms with Gasteiger partial charge in [-0.05, 0) is 31.0 Å². The zero-order valence-corrected chi connectivity index (χ0v) is 13.8. The second kappa shape index (κ2) is 8.88. The van der Waals surface area contributed by atoms with Crippen molar-refractivity contribution in [2.24, 2.45) is 0 Å². The van der Waals surface area contributed by atoms with Gasteiger partial charge in [-0.15, -0.1) is 0 Å². The molecule has 6 heteroatoms. The van der Waals surface area contributed by atoms with E-state index in [9.17, 15) is 9.59 Å². The molecular weight excluding hydrogens is 308 g/mol. The fourth-order valence-corrected chi connectivity index (χ4v) is 2.29. The van der Waals surface area contributed by atoms with Gasteiger partial charge in [0.2, 0.25) is 5.91 Å². The van der Waals surface area contributed by atoms with Crippen molar-refractivity contribution >= 4 is 11.9 Å². The van der Waals surface area contributed by atoms with Gasteiger partial charge in [-0.25, -0.2) is 4.79 Å². The molecule has 2 aromatic rings. The van der Waals surface area contributed by atoms with Crippen LogP contribution in [0.3, 0.4) is 0 Å². The van der Waals surface area contributed by atoms with Crippen LogP contribution in [0.15, 0.2) is 53.1 Å². The molecule has 128 valence electrons. The summed E-state index contributed by atoms with van der Waals surface area (Å²) >= 11 is 0. The molecule has 2 N–H and O–H groups in total. The molecule has 6 nitrogen and oxygen atoms in total. The van der Waals surface area contributed by atoms with Crippen molar-refractivity contribution in [3.05, 3.63) is 60.1 Å². The maximum Gasteiger partial charge on any atom is 0.328 e. The number of nitrogens with one attached hydrogen (secondary N) is 2. The summed E-state index contributed by atoms with van der Waals surface area (Å²) in [6.07, 6.45) is 2.09. The lowest BCUT2D eigenvalue weighted by molar-refractivity contribution is -0.144. The third kappa shape index (κ3) is 5.24. The van der Waals surface area contributed by atoms with Crippen LogP contribution < -0.4 is 10.6 Å². The Morgan fingerprint density at radius 1 is 1.17 bits per heavy atom. The van der Waals surface area contributed by atoms with Gasteiger partial charge >= 0.3 is 5.97 Å². The predicted octanol–water partition coefficient (Wildman–Crippen LogP) is 1.66. The first-order valence-electron chi connectivity index (χ1n) is 7.78. The van der Waals surface area contributed by atoms with E-state index >= 15 is 0 Å². The highest BCUT2D eigenvalue weighted by atomic mass is 16.5. The number of carbonyl (C=O) groups excluding carboxylic acids is 2. The highest BCUT2D eigenvalue weighted by molar-refractivity contribution is 5.87. The van der Waals surface area contributed by atoms with Crippen molar-refractivity contribution in [1.29, 1.82) is 0 Å². The van der Waals surface area contributed by atoms with E-state index in [4.69, 9.17) is 4.42 Å². The van der Waals surface area contributed by atoms with Crippen LogP contribution in [0, 0.1) is 0 Å². The Labute approximate surface area is 141 Å². The van der Waals surface area contributed by atoms with Crippen molar-refractivity contribution in [3.63, 3.8) is 0 Å². The van der Waals surface area contributed by atoms with E-state index in [-0.39, 0.29) is 5.91 Å². The van der Waals surface area contributed by atoms with E-state index in [0.717, 1.165) is 11.3 Å². The minimum Gasteiger partial charge on any atom is -0.468 e. The quantitative estimate of drug-likeness (QED) is 0.720. The lowest BCUT2D eigenvalue weighted by atomic mass is 10.0. The summed E-state index contributed by atoms with van der Waals surface area (Å²) in [5.41, 5.74) is 1.02. The maximum absolute atomic E-state index is 12.5. The Morgan fingerprint density at radius 2 is 1.92 bits per heavy atom. The van der Waals surface area contributed by atoms with Gasteiger partial charge < -0.3 is 14.5 Å². The summed E-state index contributed by atoms with van der Waals surface area (Å²) in [7, 11) is 1.29. The van der Waals surface area contributed by atoms with Crippen LogP contribution >= 0.6 is 0 Å². The molecule has 0 aliphatic heterocycles. The van der Waals surface area contributed by atoms with Gasteiger partial charge in [-0.1, -0.05) is 30.3 Å². The average molecular weight is 330 g/mol. The van der Waals surface area contributed by atoms with Crippen molar-refractivity contribution < 1.29 is 18.7 Å². The van der Waals surface area contributed by atoms with E-state index in [0.29, 0.717) is 13.0 Å². The number of furan rings is 1. The number of methoxy groups -OCH3 is 1. The molecule has 0 spiro atoms. The standard InChI is InChI=1S/C18H22N2O4/c1-13(18(22)23-2)20-17(21)16(11-14-7-4-3-5-8-14)19-12-15-9-6-10-24-15/h3-10,13,16,19H,11-12H2,1-2H3,(H,20,21)/t13-,16-/m0/s1. The number of esters is 1. The first kappa shape index (κ1) is 17.7. The number of benzene rings is 1. The van der Waals surface area contributed by atoms with Crippen LogP contribution in [0.4, 0.5) is 0 Å². The molecule has 0 saturated carbocycles. The first-order valence-corrected chi connectivity index (χ1v) is 7.78. The third-order valence-electron chi connectivity index (χ3n) is 3.62. The smallest absolute Gasteiger partial charge is 0.328 e. The fourth-order valence-electron chi connectivity index (χ4n) is 2.29. The molecule has 1 aromatic heterocycles. The Bertz CT molecular complexity index is 640. The topological polar surface area (TPSA) is 80.6 Å². The summed E-state index contributed by atoms with van der Waals surface area (Å²) in [5.74, 6) is -0.00182. The molecule has 1 aromatic carbocycles. The van der Waals surface area contributed by atoms with Gasteiger partial charge in [0.15, 0.2) is 0 Å². The Morgan fingerprint density at radius 3 is 2.54 bits per heavy atom. The normalized spacial score (nSPS) is 13.1. The van der Waals surface area contributed by atoms with Gasteiger partial charge in [0, 0.05) is 0 Å². The van der Waals surface area contributed by atoms with Gasteiger partial charge in [-0.2, -0.15) is 0 Å². The van der Waals surface area contributed by atoms with Gasteiger partial charge in [0.05, 0.1) is 26.0 Å². The van der Waals surface area contributed by atoms with Crippen LogP contribution in [0.25, 0.3) is 0 Å². The van der Waals surface area contributed by atoms with Gasteiger partial charge in [0.25, 0.3) is 0 Å². The van der Waals surface area contributed by atoms with E-state index in [2.05, 4.69) is 15.4 Å². The summed E-state index contributed by atoms with van der Waals surface area (Å²) in [4.78, 5) is 24.0. The van der Waals surface area contributed by atoms with Crippen molar-refractivity contribution in [2.45, 2.75) is 32.0 Å². The lowest BCUT2D eigenvalue weighted by Crippen LogP contribution is -2.50. The SMILES string of the molecule is COC(=O)[C@H](C)NC(=O)[C@H](Cc1ccccc1)NCc1ccco1. The van der Waals surface area contributed by atoms with Crippen LogP contribution in [-0.2, 0) is 27.3 Å². The Balaban J connectivity index is 2.03. The summed E-state index contributed by atoms with van der Waals surface area (Å²) in [5, 5.41) is 5.85. The fraction of sp³-hybridized carbons (Fsp3) is 0.333. The molecule has 1 amide bonds. The second-order valence-electron chi connectivity index (χ2n) is 5.46. The molecular formula is C18H22N2O4. The second-order valence-corrected chi connectivity index (χ2v) is 5.46. The molecule has 0 saturated heterocycles. The van der Waals surface area contributed by atoms with Crippen molar-refractivity contribution in [3.8, 4) is 0 Å². The van der Waals surface area contributed by atoms with Crippen molar-refractivity contribution in [2.75, 3.05) is 7.11 Å². The average Bonchev–Trinajstić information content (AvgIpc) is 3.12. The van der Waals surface area contributed by atoms with Gasteiger partial charge in [-0.3, -0.25) is 10.1 Å². The van der Waals surface area contributed by atoms with Crippen molar-refractivity contribution in [1.82, 2.24) is 10.6 Å².